The summed E-state index contributed by atoms with van der Waals surface area (Å²) >= 11 is 1.50. The molecule has 2 aromatic carbocycles. The molecule has 0 aliphatic carbocycles. The molecule has 1 unspecified atom stereocenters. The number of hydrogen-bond donors (Lipinski definition) is 0. The molecule has 0 saturated carbocycles. The second-order valence-corrected chi connectivity index (χ2v) is 5.55. The Hall–Kier alpha value is -1.75. The lowest BCUT2D eigenvalue weighted by atomic mass is 9.92. The SMILES string of the molecule is O=C(c1ccc(F)c(F)c1F)C1CSc2ccccc21. The molecule has 1 aliphatic heterocycles. The van der Waals surface area contributed by atoms with E-state index in [0.29, 0.717) is 5.75 Å². The fourth-order valence-electron chi connectivity index (χ4n) is 2.28. The summed E-state index contributed by atoms with van der Waals surface area (Å²) in [6, 6.07) is 9.12. The van der Waals surface area contributed by atoms with Gasteiger partial charge in [-0.1, -0.05) is 18.2 Å². The Kier molecular flexibility index (Phi) is 3.30. The van der Waals surface area contributed by atoms with E-state index in [0.717, 1.165) is 22.6 Å². The number of carbonyl (C=O) groups is 1. The van der Waals surface area contributed by atoms with Crippen LogP contribution in [0.5, 0.6) is 0 Å². The zero-order valence-electron chi connectivity index (χ0n) is 10.2. The second kappa shape index (κ2) is 4.98. The number of thioether (sulfide) groups is 1. The number of Topliss-reactive ketones (excluding diaryl/α,β-unsaturated/α-hetero) is 1. The molecule has 102 valence electrons. The van der Waals surface area contributed by atoms with Crippen molar-refractivity contribution in [2.24, 2.45) is 0 Å². The molecule has 1 heterocycles. The minimum Gasteiger partial charge on any atom is -0.293 e. The molecule has 1 aliphatic rings. The molecule has 2 aromatic rings. The monoisotopic (exact) mass is 294 g/mol. The van der Waals surface area contributed by atoms with Crippen molar-refractivity contribution in [3.05, 3.63) is 65.0 Å². The summed E-state index contributed by atoms with van der Waals surface area (Å²) in [5, 5.41) is 0. The number of rotatable bonds is 2. The van der Waals surface area contributed by atoms with Crippen LogP contribution in [0.25, 0.3) is 0 Å². The van der Waals surface area contributed by atoms with Crippen molar-refractivity contribution in [2.45, 2.75) is 10.8 Å². The number of benzene rings is 2. The van der Waals surface area contributed by atoms with Crippen LogP contribution in [0.15, 0.2) is 41.3 Å². The third-order valence-electron chi connectivity index (χ3n) is 3.32. The van der Waals surface area contributed by atoms with E-state index in [2.05, 4.69) is 0 Å². The van der Waals surface area contributed by atoms with Crippen molar-refractivity contribution >= 4 is 17.5 Å². The van der Waals surface area contributed by atoms with Gasteiger partial charge < -0.3 is 0 Å². The Bertz CT molecular complexity index is 700. The third-order valence-corrected chi connectivity index (χ3v) is 4.50. The van der Waals surface area contributed by atoms with E-state index in [1.807, 2.05) is 12.1 Å². The normalized spacial score (nSPS) is 17.1. The largest absolute Gasteiger partial charge is 0.293 e. The highest BCUT2D eigenvalue weighted by Gasteiger charge is 2.32. The second-order valence-electron chi connectivity index (χ2n) is 4.49. The first-order valence-corrected chi connectivity index (χ1v) is 6.97. The molecule has 0 amide bonds. The molecular formula is C15H9F3OS. The van der Waals surface area contributed by atoms with Crippen LogP contribution in [0.4, 0.5) is 13.2 Å². The van der Waals surface area contributed by atoms with Crippen molar-refractivity contribution < 1.29 is 18.0 Å². The van der Waals surface area contributed by atoms with Crippen molar-refractivity contribution in [3.63, 3.8) is 0 Å². The summed E-state index contributed by atoms with van der Waals surface area (Å²) in [5.41, 5.74) is 0.415. The van der Waals surface area contributed by atoms with Crippen LogP contribution in [-0.2, 0) is 0 Å². The van der Waals surface area contributed by atoms with Crippen LogP contribution < -0.4 is 0 Å². The van der Waals surface area contributed by atoms with Gasteiger partial charge in [0.15, 0.2) is 23.2 Å². The molecule has 1 nitrogen and oxygen atoms in total. The fraction of sp³-hybridized carbons (Fsp3) is 0.133. The first-order valence-electron chi connectivity index (χ1n) is 5.99. The Morgan fingerprint density at radius 3 is 2.60 bits per heavy atom. The Balaban J connectivity index is 2.01. The average molecular weight is 294 g/mol. The Morgan fingerprint density at radius 1 is 1.05 bits per heavy atom. The van der Waals surface area contributed by atoms with E-state index in [-0.39, 0.29) is 0 Å². The van der Waals surface area contributed by atoms with Gasteiger partial charge in [0.2, 0.25) is 0 Å². The molecule has 0 radical (unpaired) electrons. The van der Waals surface area contributed by atoms with Gasteiger partial charge in [0.25, 0.3) is 0 Å². The molecule has 20 heavy (non-hydrogen) atoms. The molecule has 0 bridgehead atoms. The standard InChI is InChI=1S/C15H9F3OS/c16-11-6-5-9(13(17)14(11)18)15(19)10-7-20-12-4-2-1-3-8(10)12/h1-6,10H,7H2. The lowest BCUT2D eigenvalue weighted by Crippen LogP contribution is -2.15. The Labute approximate surface area is 117 Å². The van der Waals surface area contributed by atoms with Gasteiger partial charge in [0.1, 0.15) is 0 Å². The maximum atomic E-state index is 13.7. The van der Waals surface area contributed by atoms with Crippen molar-refractivity contribution in [1.29, 1.82) is 0 Å². The molecule has 5 heteroatoms. The number of ketones is 1. The predicted octanol–water partition coefficient (Wildman–Crippen LogP) is 4.18. The van der Waals surface area contributed by atoms with Crippen LogP contribution in [0.1, 0.15) is 21.8 Å². The van der Waals surface area contributed by atoms with E-state index in [1.54, 1.807) is 12.1 Å². The maximum absolute atomic E-state index is 13.7. The molecular weight excluding hydrogens is 285 g/mol. The molecule has 0 saturated heterocycles. The highest BCUT2D eigenvalue weighted by Crippen LogP contribution is 2.41. The number of halogens is 3. The summed E-state index contributed by atoms with van der Waals surface area (Å²) in [4.78, 5) is 13.3. The highest BCUT2D eigenvalue weighted by molar-refractivity contribution is 7.99. The molecule has 0 fully saturated rings. The predicted molar refractivity (Wildman–Crippen MR) is 70.6 cm³/mol. The molecule has 3 rings (SSSR count). The molecule has 1 atom stereocenters. The Morgan fingerprint density at radius 2 is 1.80 bits per heavy atom. The molecule has 0 spiro atoms. The first kappa shape index (κ1) is 13.2. The lowest BCUT2D eigenvalue weighted by molar-refractivity contribution is 0.0963. The van der Waals surface area contributed by atoms with Gasteiger partial charge in [-0.25, -0.2) is 13.2 Å². The molecule has 0 aromatic heterocycles. The summed E-state index contributed by atoms with van der Waals surface area (Å²) in [6.07, 6.45) is 0. The van der Waals surface area contributed by atoms with Crippen molar-refractivity contribution in [1.82, 2.24) is 0 Å². The minimum absolute atomic E-state index is 0.397. The third kappa shape index (κ3) is 2.02. The fourth-order valence-corrected chi connectivity index (χ4v) is 3.51. The van der Waals surface area contributed by atoms with Crippen molar-refractivity contribution in [2.75, 3.05) is 5.75 Å². The highest BCUT2D eigenvalue weighted by atomic mass is 32.2. The van der Waals surface area contributed by atoms with Gasteiger partial charge in [-0.3, -0.25) is 4.79 Å². The van der Waals surface area contributed by atoms with Gasteiger partial charge in [-0.05, 0) is 23.8 Å². The topological polar surface area (TPSA) is 17.1 Å². The number of hydrogen-bond acceptors (Lipinski definition) is 2. The van der Waals surface area contributed by atoms with E-state index in [9.17, 15) is 18.0 Å². The summed E-state index contributed by atoms with van der Waals surface area (Å²) in [6.45, 7) is 0. The van der Waals surface area contributed by atoms with Crippen LogP contribution in [0.2, 0.25) is 0 Å². The number of fused-ring (bicyclic) bond motifs is 1. The lowest BCUT2D eigenvalue weighted by Gasteiger charge is -2.11. The van der Waals surface area contributed by atoms with Crippen LogP contribution >= 0.6 is 11.8 Å². The van der Waals surface area contributed by atoms with Gasteiger partial charge in [-0.15, -0.1) is 11.8 Å². The summed E-state index contributed by atoms with van der Waals surface area (Å²) in [7, 11) is 0. The van der Waals surface area contributed by atoms with Gasteiger partial charge in [0, 0.05) is 10.6 Å². The van der Waals surface area contributed by atoms with Gasteiger partial charge in [-0.2, -0.15) is 0 Å². The zero-order chi connectivity index (χ0) is 14.3. The van der Waals surface area contributed by atoms with Gasteiger partial charge in [0.05, 0.1) is 11.5 Å². The van der Waals surface area contributed by atoms with E-state index >= 15 is 0 Å². The quantitative estimate of drug-likeness (QED) is 0.610. The summed E-state index contributed by atoms with van der Waals surface area (Å²) < 4.78 is 39.8. The van der Waals surface area contributed by atoms with Gasteiger partial charge >= 0.3 is 0 Å². The van der Waals surface area contributed by atoms with E-state index < -0.39 is 34.7 Å². The smallest absolute Gasteiger partial charge is 0.195 e. The minimum atomic E-state index is -1.60. The average Bonchev–Trinajstić information content (AvgIpc) is 2.88. The maximum Gasteiger partial charge on any atom is 0.195 e. The van der Waals surface area contributed by atoms with E-state index in [4.69, 9.17) is 0 Å². The zero-order valence-corrected chi connectivity index (χ0v) is 11.0. The first-order chi connectivity index (χ1) is 9.59. The molecule has 0 N–H and O–H groups in total. The van der Waals surface area contributed by atoms with Crippen LogP contribution in [-0.4, -0.2) is 11.5 Å². The van der Waals surface area contributed by atoms with Crippen LogP contribution in [0.3, 0.4) is 0 Å². The van der Waals surface area contributed by atoms with Crippen molar-refractivity contribution in [3.8, 4) is 0 Å². The van der Waals surface area contributed by atoms with Crippen LogP contribution in [0, 0.1) is 17.5 Å². The number of carbonyl (C=O) groups excluding carboxylic acids is 1. The van der Waals surface area contributed by atoms with E-state index in [1.165, 1.54) is 11.8 Å². The summed E-state index contributed by atoms with van der Waals surface area (Å²) in [5.74, 6) is -4.86.